The van der Waals surface area contributed by atoms with Crippen molar-refractivity contribution in [3.05, 3.63) is 41.7 Å². The van der Waals surface area contributed by atoms with Gasteiger partial charge in [-0.05, 0) is 18.1 Å². The molecule has 0 atom stereocenters. The molecule has 21 heavy (non-hydrogen) atoms. The molecule has 0 saturated carbocycles. The molecule has 1 aromatic carbocycles. The molecule has 0 aliphatic heterocycles. The number of carbonyl (C=O) groups is 2. The summed E-state index contributed by atoms with van der Waals surface area (Å²) < 4.78 is 9.38. The molecule has 0 heterocycles. The molecule has 5 heteroatoms. The minimum Gasteiger partial charge on any atom is -0.490 e. The topological polar surface area (TPSA) is 72.8 Å². The summed E-state index contributed by atoms with van der Waals surface area (Å²) in [7, 11) is 1.34. The highest BCUT2D eigenvalue weighted by Gasteiger charge is 2.05. The van der Waals surface area contributed by atoms with Gasteiger partial charge in [0, 0.05) is 6.42 Å². The Morgan fingerprint density at radius 1 is 1.19 bits per heavy atom. The van der Waals surface area contributed by atoms with Gasteiger partial charge in [0.15, 0.2) is 0 Å². The number of hydrogen-bond donors (Lipinski definition) is 1. The van der Waals surface area contributed by atoms with Crippen LogP contribution in [-0.4, -0.2) is 30.8 Å². The second kappa shape index (κ2) is 11.5. The molecule has 0 bridgehead atoms. The van der Waals surface area contributed by atoms with E-state index < -0.39 is 5.97 Å². The second-order valence-electron chi connectivity index (χ2n) is 4.00. The van der Waals surface area contributed by atoms with E-state index in [4.69, 9.17) is 9.84 Å². The van der Waals surface area contributed by atoms with E-state index in [1.165, 1.54) is 13.2 Å². The van der Waals surface area contributed by atoms with Crippen molar-refractivity contribution in [1.82, 2.24) is 0 Å². The van der Waals surface area contributed by atoms with Gasteiger partial charge in [-0.2, -0.15) is 0 Å². The molecule has 116 valence electrons. The largest absolute Gasteiger partial charge is 0.490 e. The first kappa shape index (κ1) is 18.7. The number of methoxy groups -OCH3 is 1. The number of hydrogen-bond acceptors (Lipinski definition) is 4. The minimum atomic E-state index is -1.06. The van der Waals surface area contributed by atoms with Crippen molar-refractivity contribution >= 4 is 18.0 Å². The Labute approximate surface area is 125 Å². The molecule has 0 radical (unpaired) electrons. The molecule has 1 aromatic rings. The lowest BCUT2D eigenvalue weighted by Crippen LogP contribution is -2.02. The van der Waals surface area contributed by atoms with E-state index in [1.807, 2.05) is 37.3 Å². The number of benzene rings is 1. The van der Waals surface area contributed by atoms with Gasteiger partial charge in [0.25, 0.3) is 0 Å². The van der Waals surface area contributed by atoms with Crippen LogP contribution in [0.4, 0.5) is 0 Å². The first-order valence-electron chi connectivity index (χ1n) is 6.74. The van der Waals surface area contributed by atoms with Gasteiger partial charge in [-0.1, -0.05) is 44.2 Å². The molecule has 0 spiro atoms. The monoisotopic (exact) mass is 294 g/mol. The van der Waals surface area contributed by atoms with E-state index in [-0.39, 0.29) is 11.7 Å². The van der Waals surface area contributed by atoms with Crippen molar-refractivity contribution < 1.29 is 24.2 Å². The van der Waals surface area contributed by atoms with Crippen molar-refractivity contribution in [2.24, 2.45) is 0 Å². The van der Waals surface area contributed by atoms with Gasteiger partial charge in [-0.25, -0.2) is 4.79 Å². The van der Waals surface area contributed by atoms with Crippen molar-refractivity contribution in [2.75, 3.05) is 13.7 Å². The van der Waals surface area contributed by atoms with Gasteiger partial charge < -0.3 is 14.6 Å². The number of aliphatic carboxylic acids is 1. The summed E-state index contributed by atoms with van der Waals surface area (Å²) in [5.74, 6) is -1.23. The highest BCUT2D eigenvalue weighted by molar-refractivity contribution is 5.89. The lowest BCUT2D eigenvalue weighted by Gasteiger charge is -1.99. The van der Waals surface area contributed by atoms with Gasteiger partial charge in [0.05, 0.1) is 13.7 Å². The molecular weight excluding hydrogens is 272 g/mol. The molecule has 1 rings (SSSR count). The fourth-order valence-corrected chi connectivity index (χ4v) is 1.23. The summed E-state index contributed by atoms with van der Waals surface area (Å²) in [6.45, 7) is 4.33. The predicted octanol–water partition coefficient (Wildman–Crippen LogP) is 3.11. The molecule has 0 aliphatic rings. The number of ether oxygens (including phenoxy) is 2. The molecule has 5 nitrogen and oxygen atoms in total. The number of esters is 1. The van der Waals surface area contributed by atoms with Gasteiger partial charge in [-0.3, -0.25) is 4.79 Å². The van der Waals surface area contributed by atoms with Gasteiger partial charge in [0.1, 0.15) is 0 Å². The average molecular weight is 294 g/mol. The van der Waals surface area contributed by atoms with E-state index in [0.717, 1.165) is 12.0 Å². The predicted molar refractivity (Wildman–Crippen MR) is 80.6 cm³/mol. The zero-order chi connectivity index (χ0) is 16.1. The number of carboxylic acids is 1. The van der Waals surface area contributed by atoms with Crippen molar-refractivity contribution in [3.63, 3.8) is 0 Å². The van der Waals surface area contributed by atoms with Crippen LogP contribution in [0.15, 0.2) is 36.1 Å². The Bertz CT molecular complexity index is 451. The maximum Gasteiger partial charge on any atom is 0.371 e. The lowest BCUT2D eigenvalue weighted by atomic mass is 10.2. The molecule has 0 fully saturated rings. The number of carbonyl (C=O) groups excluding carboxylic acids is 1. The Balaban J connectivity index is 0.000000433. The molecule has 0 aromatic heterocycles. The third kappa shape index (κ3) is 9.27. The highest BCUT2D eigenvalue weighted by atomic mass is 16.5. The zero-order valence-corrected chi connectivity index (χ0v) is 12.7. The van der Waals surface area contributed by atoms with Crippen LogP contribution in [0, 0.1) is 0 Å². The first-order chi connectivity index (χ1) is 10.0. The van der Waals surface area contributed by atoms with Crippen LogP contribution in [0.5, 0.6) is 0 Å². The van der Waals surface area contributed by atoms with E-state index in [9.17, 15) is 9.59 Å². The second-order valence-corrected chi connectivity index (χ2v) is 4.00. The summed E-state index contributed by atoms with van der Waals surface area (Å²) >= 11 is 0. The first-order valence-corrected chi connectivity index (χ1v) is 6.74. The third-order valence-electron chi connectivity index (χ3n) is 2.28. The van der Waals surface area contributed by atoms with Crippen LogP contribution in [0.3, 0.4) is 0 Å². The molecular formula is C16H22O5. The van der Waals surface area contributed by atoms with Crippen LogP contribution in [0.2, 0.25) is 0 Å². The Hall–Kier alpha value is -2.30. The third-order valence-corrected chi connectivity index (χ3v) is 2.28. The summed E-state index contributed by atoms with van der Waals surface area (Å²) in [5, 5.41) is 8.64. The maximum absolute atomic E-state index is 10.5. The van der Waals surface area contributed by atoms with Crippen LogP contribution in [0.1, 0.15) is 32.3 Å². The van der Waals surface area contributed by atoms with Crippen LogP contribution < -0.4 is 0 Å². The summed E-state index contributed by atoms with van der Waals surface area (Å²) in [4.78, 5) is 20.9. The summed E-state index contributed by atoms with van der Waals surface area (Å²) in [6.07, 6.45) is 2.87. The molecule has 0 unspecified atom stereocenters. The zero-order valence-electron chi connectivity index (χ0n) is 12.7. The van der Waals surface area contributed by atoms with Crippen molar-refractivity contribution in [1.29, 1.82) is 0 Å². The van der Waals surface area contributed by atoms with E-state index in [0.29, 0.717) is 13.0 Å². The Morgan fingerprint density at radius 2 is 1.81 bits per heavy atom. The minimum absolute atomic E-state index is 0.0637. The fraction of sp³-hybridized carbons (Fsp3) is 0.375. The summed E-state index contributed by atoms with van der Waals surface area (Å²) in [5.41, 5.74) is 0.807. The Kier molecular flexibility index (Phi) is 10.3. The fourth-order valence-electron chi connectivity index (χ4n) is 1.23. The SMILES string of the molecule is CCCOC(=O)CC.COC(=Cc1ccccc1)C(=O)O. The van der Waals surface area contributed by atoms with E-state index in [1.54, 1.807) is 6.92 Å². The average Bonchev–Trinajstić information content (AvgIpc) is 2.51. The van der Waals surface area contributed by atoms with Gasteiger partial charge >= 0.3 is 11.9 Å². The molecule has 0 aliphatic carbocycles. The maximum atomic E-state index is 10.5. The normalized spacial score (nSPS) is 10.1. The molecule has 0 amide bonds. The smallest absolute Gasteiger partial charge is 0.371 e. The lowest BCUT2D eigenvalue weighted by molar-refractivity contribution is -0.143. The summed E-state index contributed by atoms with van der Waals surface area (Å²) in [6, 6.07) is 9.15. The van der Waals surface area contributed by atoms with Crippen LogP contribution >= 0.6 is 0 Å². The molecule has 1 N–H and O–H groups in total. The van der Waals surface area contributed by atoms with Gasteiger partial charge in [0.2, 0.25) is 5.76 Å². The standard InChI is InChI=1S/C10H10O3.C6H12O2/c1-13-9(10(11)12)7-8-5-3-2-4-6-8;1-3-5-8-6(7)4-2/h2-7H,1H3,(H,11,12);3-5H2,1-2H3. The van der Waals surface area contributed by atoms with Crippen molar-refractivity contribution in [2.45, 2.75) is 26.7 Å². The highest BCUT2D eigenvalue weighted by Crippen LogP contribution is 2.06. The van der Waals surface area contributed by atoms with Crippen LogP contribution in [0.25, 0.3) is 6.08 Å². The molecule has 0 saturated heterocycles. The van der Waals surface area contributed by atoms with Crippen molar-refractivity contribution in [3.8, 4) is 0 Å². The van der Waals surface area contributed by atoms with Crippen LogP contribution in [-0.2, 0) is 19.1 Å². The quantitative estimate of drug-likeness (QED) is 0.496. The number of rotatable bonds is 6. The van der Waals surface area contributed by atoms with Gasteiger partial charge in [-0.15, -0.1) is 0 Å². The Morgan fingerprint density at radius 3 is 2.24 bits per heavy atom. The van der Waals surface area contributed by atoms with E-state index >= 15 is 0 Å². The van der Waals surface area contributed by atoms with E-state index in [2.05, 4.69) is 4.74 Å². The number of carboxylic acid groups (broad SMARTS) is 1.